The lowest BCUT2D eigenvalue weighted by Gasteiger charge is -2.25. The molecular formula is C61H37N7. The minimum atomic E-state index is 0.539. The number of benzene rings is 9. The van der Waals surface area contributed by atoms with Crippen LogP contribution >= 0.6 is 0 Å². The number of nitrogens with zero attached hydrogens (tertiary/aromatic N) is 7. The molecule has 0 unspecified atom stereocenters. The van der Waals surface area contributed by atoms with Crippen LogP contribution in [0.2, 0.25) is 0 Å². The van der Waals surface area contributed by atoms with Gasteiger partial charge in [0, 0.05) is 44.5 Å². The van der Waals surface area contributed by atoms with Gasteiger partial charge in [0.1, 0.15) is 6.07 Å². The van der Waals surface area contributed by atoms with Crippen molar-refractivity contribution in [2.24, 2.45) is 0 Å². The van der Waals surface area contributed by atoms with Crippen LogP contribution in [0.4, 0.5) is 17.1 Å². The maximum absolute atomic E-state index is 10.7. The summed E-state index contributed by atoms with van der Waals surface area (Å²) >= 11 is 0. The monoisotopic (exact) mass is 867 g/mol. The van der Waals surface area contributed by atoms with Crippen molar-refractivity contribution in [2.45, 2.75) is 0 Å². The minimum absolute atomic E-state index is 0.539. The number of anilines is 3. The van der Waals surface area contributed by atoms with Crippen LogP contribution in [0.15, 0.2) is 224 Å². The van der Waals surface area contributed by atoms with Crippen molar-refractivity contribution in [3.8, 4) is 80.1 Å². The Morgan fingerprint density at radius 1 is 0.353 bits per heavy atom. The van der Waals surface area contributed by atoms with Crippen LogP contribution in [0.5, 0.6) is 0 Å². The molecule has 0 saturated carbocycles. The number of para-hydroxylation sites is 3. The Morgan fingerprint density at radius 3 is 1.38 bits per heavy atom. The van der Waals surface area contributed by atoms with E-state index >= 15 is 0 Å². The molecule has 0 aliphatic rings. The molecule has 7 heteroatoms. The number of aromatic nitrogens is 3. The normalized spacial score (nSPS) is 10.9. The zero-order valence-electron chi connectivity index (χ0n) is 36.5. The van der Waals surface area contributed by atoms with Crippen molar-refractivity contribution in [3.05, 3.63) is 241 Å². The smallest absolute Gasteiger partial charge is 0.160 e. The summed E-state index contributed by atoms with van der Waals surface area (Å²) in [7, 11) is 0. The second-order valence-corrected chi connectivity index (χ2v) is 16.4. The molecule has 316 valence electrons. The summed E-state index contributed by atoms with van der Waals surface area (Å²) in [5.41, 5.74) is 15.9. The van der Waals surface area contributed by atoms with Crippen LogP contribution in [-0.4, -0.2) is 14.5 Å². The van der Waals surface area contributed by atoms with Gasteiger partial charge in [-0.1, -0.05) is 121 Å². The van der Waals surface area contributed by atoms with E-state index in [1.54, 1.807) is 24.3 Å². The number of hydrogen-bond acceptors (Lipinski definition) is 6. The molecular weight excluding hydrogens is 831 g/mol. The number of nitriles is 3. The Morgan fingerprint density at radius 2 is 0.824 bits per heavy atom. The van der Waals surface area contributed by atoms with Gasteiger partial charge >= 0.3 is 0 Å². The van der Waals surface area contributed by atoms with Gasteiger partial charge < -0.3 is 9.47 Å². The van der Waals surface area contributed by atoms with Gasteiger partial charge in [0.15, 0.2) is 5.82 Å². The molecule has 9 aromatic carbocycles. The summed E-state index contributed by atoms with van der Waals surface area (Å²) < 4.78 is 2.21. The highest BCUT2D eigenvalue weighted by Crippen LogP contribution is 2.41. The summed E-state index contributed by atoms with van der Waals surface area (Å²) in [5.74, 6) is 0.539. The third-order valence-corrected chi connectivity index (χ3v) is 12.3. The Labute approximate surface area is 393 Å². The molecule has 0 radical (unpaired) electrons. The zero-order chi connectivity index (χ0) is 46.0. The van der Waals surface area contributed by atoms with E-state index in [-0.39, 0.29) is 0 Å². The molecule has 0 N–H and O–H groups in total. The fourth-order valence-electron chi connectivity index (χ4n) is 8.93. The molecule has 0 aliphatic heterocycles. The van der Waals surface area contributed by atoms with Crippen LogP contribution in [0, 0.1) is 34.0 Å². The molecule has 7 nitrogen and oxygen atoms in total. The first kappa shape index (κ1) is 40.9. The highest BCUT2D eigenvalue weighted by Gasteiger charge is 2.19. The standard InChI is InChI=1S/C61H37N7/c62-38-41-15-19-46(20-16-41)56-37-57(66-61(65-56)48-21-17-42(39-63)18-22-48)47-29-27-44(28-30-47)43-23-25-45(26-24-43)49-31-33-58(50(35-49)40-64)68-59-14-8-7-13-54(59)55-36-53(32-34-60(55)68)67(51-9-3-1-4-10-51)52-11-5-2-6-12-52/h1-37H. The quantitative estimate of drug-likeness (QED) is 0.143. The van der Waals surface area contributed by atoms with Gasteiger partial charge in [-0.05, 0) is 125 Å². The fourth-order valence-corrected chi connectivity index (χ4v) is 8.93. The number of hydrogen-bond donors (Lipinski definition) is 0. The highest BCUT2D eigenvalue weighted by atomic mass is 15.1. The molecule has 68 heavy (non-hydrogen) atoms. The number of fused-ring (bicyclic) bond motifs is 3. The summed E-state index contributed by atoms with van der Waals surface area (Å²) in [6, 6.07) is 82.1. The molecule has 11 aromatic rings. The topological polar surface area (TPSA) is 105 Å². The number of rotatable bonds is 9. The first-order valence-corrected chi connectivity index (χ1v) is 22.1. The van der Waals surface area contributed by atoms with Gasteiger partial charge in [-0.3, -0.25) is 0 Å². The van der Waals surface area contributed by atoms with E-state index in [0.29, 0.717) is 22.5 Å². The lowest BCUT2D eigenvalue weighted by molar-refractivity contribution is 1.17. The molecule has 0 amide bonds. The van der Waals surface area contributed by atoms with Gasteiger partial charge in [0.2, 0.25) is 0 Å². The molecule has 0 spiro atoms. The second-order valence-electron chi connectivity index (χ2n) is 16.4. The van der Waals surface area contributed by atoms with Crippen molar-refractivity contribution in [3.63, 3.8) is 0 Å². The molecule has 2 heterocycles. The minimum Gasteiger partial charge on any atom is -0.310 e. The SMILES string of the molecule is N#Cc1ccc(-c2cc(-c3ccc(-c4ccc(-c5ccc(-n6c7ccccc7c7cc(N(c8ccccc8)c8ccccc8)ccc76)c(C#N)c5)cc4)cc3)nc(-c3ccc(C#N)cc3)n2)cc1. The predicted molar refractivity (Wildman–Crippen MR) is 272 cm³/mol. The summed E-state index contributed by atoms with van der Waals surface area (Å²) in [5, 5.41) is 31.6. The average molecular weight is 868 g/mol. The average Bonchev–Trinajstić information content (AvgIpc) is 3.75. The Balaban J connectivity index is 0.895. The van der Waals surface area contributed by atoms with Gasteiger partial charge in [-0.15, -0.1) is 0 Å². The molecule has 0 bridgehead atoms. The summed E-state index contributed by atoms with van der Waals surface area (Å²) in [4.78, 5) is 12.1. The van der Waals surface area contributed by atoms with E-state index in [9.17, 15) is 15.8 Å². The third kappa shape index (κ3) is 7.67. The summed E-state index contributed by atoms with van der Waals surface area (Å²) in [6.07, 6.45) is 0. The van der Waals surface area contributed by atoms with E-state index in [1.165, 1.54) is 0 Å². The van der Waals surface area contributed by atoms with Crippen LogP contribution in [-0.2, 0) is 0 Å². The largest absolute Gasteiger partial charge is 0.310 e. The van der Waals surface area contributed by atoms with E-state index in [2.05, 4.69) is 179 Å². The lowest BCUT2D eigenvalue weighted by Crippen LogP contribution is -2.09. The van der Waals surface area contributed by atoms with Crippen LogP contribution in [0.3, 0.4) is 0 Å². The molecule has 0 atom stereocenters. The fraction of sp³-hybridized carbons (Fsp3) is 0. The van der Waals surface area contributed by atoms with Crippen LogP contribution in [0.1, 0.15) is 16.7 Å². The molecule has 0 fully saturated rings. The molecule has 11 rings (SSSR count). The second kappa shape index (κ2) is 17.6. The van der Waals surface area contributed by atoms with E-state index < -0.39 is 0 Å². The van der Waals surface area contributed by atoms with E-state index in [1.807, 2.05) is 48.5 Å². The Bertz CT molecular complexity index is 3670. The predicted octanol–water partition coefficient (Wildman–Crippen LogP) is 15.0. The van der Waals surface area contributed by atoms with Gasteiger partial charge in [-0.25, -0.2) is 9.97 Å². The van der Waals surface area contributed by atoms with E-state index in [4.69, 9.17) is 9.97 Å². The van der Waals surface area contributed by atoms with Gasteiger partial charge in [-0.2, -0.15) is 15.8 Å². The van der Waals surface area contributed by atoms with Crippen molar-refractivity contribution in [2.75, 3.05) is 4.90 Å². The first-order chi connectivity index (χ1) is 33.5. The highest BCUT2D eigenvalue weighted by molar-refractivity contribution is 6.11. The van der Waals surface area contributed by atoms with Crippen LogP contribution < -0.4 is 4.90 Å². The van der Waals surface area contributed by atoms with Crippen molar-refractivity contribution < 1.29 is 0 Å². The Kier molecular flexibility index (Phi) is 10.6. The Hall–Kier alpha value is -9.87. The summed E-state index contributed by atoms with van der Waals surface area (Å²) in [6.45, 7) is 0. The lowest BCUT2D eigenvalue weighted by atomic mass is 9.97. The molecule has 0 saturated heterocycles. The van der Waals surface area contributed by atoms with Gasteiger partial charge in [0.05, 0.1) is 56.9 Å². The first-order valence-electron chi connectivity index (χ1n) is 22.1. The maximum atomic E-state index is 10.7. The van der Waals surface area contributed by atoms with Crippen molar-refractivity contribution >= 4 is 38.9 Å². The third-order valence-electron chi connectivity index (χ3n) is 12.3. The molecule has 2 aromatic heterocycles. The zero-order valence-corrected chi connectivity index (χ0v) is 36.5. The van der Waals surface area contributed by atoms with Gasteiger partial charge in [0.25, 0.3) is 0 Å². The van der Waals surface area contributed by atoms with Crippen LogP contribution in [0.25, 0.3) is 83.6 Å². The molecule has 0 aliphatic carbocycles. The van der Waals surface area contributed by atoms with E-state index in [0.717, 1.165) is 94.9 Å². The van der Waals surface area contributed by atoms with Crippen molar-refractivity contribution in [1.29, 1.82) is 15.8 Å². The maximum Gasteiger partial charge on any atom is 0.160 e. The van der Waals surface area contributed by atoms with Crippen molar-refractivity contribution in [1.82, 2.24) is 14.5 Å².